The van der Waals surface area contributed by atoms with Gasteiger partial charge in [0, 0.05) is 12.6 Å². The zero-order valence-electron chi connectivity index (χ0n) is 9.56. The van der Waals surface area contributed by atoms with Crippen molar-refractivity contribution in [2.45, 2.75) is 25.8 Å². The Morgan fingerprint density at radius 1 is 1.41 bits per heavy atom. The van der Waals surface area contributed by atoms with E-state index >= 15 is 0 Å². The summed E-state index contributed by atoms with van der Waals surface area (Å²) in [6.07, 6.45) is 5.06. The number of nitrogens with one attached hydrogen (secondary N) is 1. The van der Waals surface area contributed by atoms with Gasteiger partial charge in [-0.25, -0.2) is 0 Å². The molecular weight excluding hydrogens is 222 g/mol. The van der Waals surface area contributed by atoms with Crippen LogP contribution < -0.4 is 16.8 Å². The average molecular weight is 239 g/mol. The molecule has 7 heteroatoms. The second-order valence-electron chi connectivity index (χ2n) is 3.69. The van der Waals surface area contributed by atoms with Crippen LogP contribution in [0.2, 0.25) is 0 Å². The summed E-state index contributed by atoms with van der Waals surface area (Å²) in [5.41, 5.74) is 10.9. The van der Waals surface area contributed by atoms with Crippen LogP contribution in [0.5, 0.6) is 0 Å². The second-order valence-corrected chi connectivity index (χ2v) is 3.69. The second kappa shape index (κ2) is 6.64. The van der Waals surface area contributed by atoms with Crippen LogP contribution in [0, 0.1) is 0 Å². The Morgan fingerprint density at radius 3 is 2.82 bits per heavy atom. The van der Waals surface area contributed by atoms with E-state index in [-0.39, 0.29) is 12.5 Å². The summed E-state index contributed by atoms with van der Waals surface area (Å²) in [7, 11) is 0. The zero-order chi connectivity index (χ0) is 12.7. The summed E-state index contributed by atoms with van der Waals surface area (Å²) in [6.45, 7) is 0.590. The first-order valence-corrected chi connectivity index (χ1v) is 5.42. The van der Waals surface area contributed by atoms with Gasteiger partial charge in [0.1, 0.15) is 6.54 Å². The van der Waals surface area contributed by atoms with Gasteiger partial charge in [0.2, 0.25) is 11.8 Å². The lowest BCUT2D eigenvalue weighted by molar-refractivity contribution is -0.118. The highest BCUT2D eigenvalue weighted by atomic mass is 16.2. The van der Waals surface area contributed by atoms with Crippen molar-refractivity contribution in [2.75, 3.05) is 11.9 Å². The number of carbonyl (C=O) groups is 2. The summed E-state index contributed by atoms with van der Waals surface area (Å²) < 4.78 is 1.37. The molecule has 1 aromatic rings. The molecule has 17 heavy (non-hydrogen) atoms. The standard InChI is InChI=1S/C10H17N5O2/c11-4-2-1-3-10(17)14-8-5-13-15(6-8)7-9(12)16/h5-6H,1-4,7,11H2,(H2,12,16)(H,14,17). The van der Waals surface area contributed by atoms with E-state index < -0.39 is 5.91 Å². The number of primary amides is 1. The first-order chi connectivity index (χ1) is 8.11. The van der Waals surface area contributed by atoms with Crippen LogP contribution in [0.4, 0.5) is 5.69 Å². The third-order valence-corrected chi connectivity index (χ3v) is 2.09. The van der Waals surface area contributed by atoms with Crippen molar-refractivity contribution in [1.29, 1.82) is 0 Å². The molecule has 0 atom stereocenters. The lowest BCUT2D eigenvalue weighted by Gasteiger charge is -2.01. The van der Waals surface area contributed by atoms with Gasteiger partial charge in [0.25, 0.3) is 0 Å². The molecule has 0 aliphatic heterocycles. The fourth-order valence-corrected chi connectivity index (χ4v) is 1.33. The molecule has 1 heterocycles. The van der Waals surface area contributed by atoms with Gasteiger partial charge in [0.15, 0.2) is 0 Å². The molecule has 0 unspecified atom stereocenters. The minimum absolute atomic E-state index is 0.00302. The van der Waals surface area contributed by atoms with Crippen LogP contribution in [0.15, 0.2) is 12.4 Å². The van der Waals surface area contributed by atoms with Gasteiger partial charge < -0.3 is 16.8 Å². The Labute approximate surface area is 99.1 Å². The summed E-state index contributed by atoms with van der Waals surface area (Å²) in [4.78, 5) is 22.1. The lowest BCUT2D eigenvalue weighted by Crippen LogP contribution is -2.18. The van der Waals surface area contributed by atoms with Crippen LogP contribution >= 0.6 is 0 Å². The molecule has 0 radical (unpaired) electrons. The van der Waals surface area contributed by atoms with Crippen molar-refractivity contribution in [2.24, 2.45) is 11.5 Å². The molecule has 0 aliphatic rings. The molecule has 0 spiro atoms. The number of carbonyl (C=O) groups excluding carboxylic acids is 2. The van der Waals surface area contributed by atoms with Crippen LogP contribution in [-0.4, -0.2) is 28.1 Å². The molecule has 94 valence electrons. The maximum atomic E-state index is 11.4. The van der Waals surface area contributed by atoms with Crippen LogP contribution in [-0.2, 0) is 16.1 Å². The van der Waals surface area contributed by atoms with Gasteiger partial charge in [-0.05, 0) is 19.4 Å². The highest BCUT2D eigenvalue weighted by Crippen LogP contribution is 2.06. The summed E-state index contributed by atoms with van der Waals surface area (Å²) in [5.74, 6) is -0.564. The van der Waals surface area contributed by atoms with Gasteiger partial charge in [-0.15, -0.1) is 0 Å². The topological polar surface area (TPSA) is 116 Å². The van der Waals surface area contributed by atoms with Crippen molar-refractivity contribution in [3.8, 4) is 0 Å². The molecule has 0 fully saturated rings. The monoisotopic (exact) mass is 239 g/mol. The number of nitrogens with zero attached hydrogens (tertiary/aromatic N) is 2. The molecule has 0 aliphatic carbocycles. The number of hydrogen-bond acceptors (Lipinski definition) is 4. The van der Waals surface area contributed by atoms with E-state index in [1.54, 1.807) is 6.20 Å². The number of anilines is 1. The highest BCUT2D eigenvalue weighted by Gasteiger charge is 2.05. The third kappa shape index (κ3) is 5.12. The smallest absolute Gasteiger partial charge is 0.239 e. The first-order valence-electron chi connectivity index (χ1n) is 5.42. The minimum atomic E-state index is -0.478. The van der Waals surface area contributed by atoms with E-state index in [1.165, 1.54) is 10.9 Å². The van der Waals surface area contributed by atoms with E-state index in [0.29, 0.717) is 18.7 Å². The fourth-order valence-electron chi connectivity index (χ4n) is 1.33. The number of unbranched alkanes of at least 4 members (excludes halogenated alkanes) is 1. The molecular formula is C10H17N5O2. The summed E-state index contributed by atoms with van der Waals surface area (Å²) in [5, 5.41) is 6.57. The van der Waals surface area contributed by atoms with Gasteiger partial charge in [-0.3, -0.25) is 14.3 Å². The predicted molar refractivity (Wildman–Crippen MR) is 63.0 cm³/mol. The molecule has 0 aromatic carbocycles. The predicted octanol–water partition coefficient (Wildman–Crippen LogP) is -0.564. The van der Waals surface area contributed by atoms with E-state index in [1.807, 2.05) is 0 Å². The number of nitrogens with two attached hydrogens (primary N) is 2. The van der Waals surface area contributed by atoms with E-state index in [4.69, 9.17) is 11.5 Å². The SMILES string of the molecule is NCCCCC(=O)Nc1cnn(CC(N)=O)c1. The molecule has 0 saturated heterocycles. The van der Waals surface area contributed by atoms with Crippen LogP contribution in [0.1, 0.15) is 19.3 Å². The molecule has 2 amide bonds. The minimum Gasteiger partial charge on any atom is -0.368 e. The molecule has 0 saturated carbocycles. The molecule has 5 N–H and O–H groups in total. The van der Waals surface area contributed by atoms with Crippen molar-refractivity contribution < 1.29 is 9.59 Å². The van der Waals surface area contributed by atoms with Gasteiger partial charge >= 0.3 is 0 Å². The van der Waals surface area contributed by atoms with Crippen molar-refractivity contribution in [1.82, 2.24) is 9.78 Å². The number of amides is 2. The van der Waals surface area contributed by atoms with Gasteiger partial charge in [-0.2, -0.15) is 5.10 Å². The summed E-state index contributed by atoms with van der Waals surface area (Å²) >= 11 is 0. The molecule has 1 rings (SSSR count). The van der Waals surface area contributed by atoms with Crippen molar-refractivity contribution in [3.63, 3.8) is 0 Å². The largest absolute Gasteiger partial charge is 0.368 e. The van der Waals surface area contributed by atoms with Crippen LogP contribution in [0.25, 0.3) is 0 Å². The first kappa shape index (κ1) is 13.2. The Bertz CT molecular complexity index is 388. The van der Waals surface area contributed by atoms with Gasteiger partial charge in [-0.1, -0.05) is 0 Å². The average Bonchev–Trinajstić information content (AvgIpc) is 2.64. The third-order valence-electron chi connectivity index (χ3n) is 2.09. The maximum absolute atomic E-state index is 11.4. The highest BCUT2D eigenvalue weighted by molar-refractivity contribution is 5.90. The van der Waals surface area contributed by atoms with E-state index in [9.17, 15) is 9.59 Å². The maximum Gasteiger partial charge on any atom is 0.239 e. The Hall–Kier alpha value is -1.89. The number of aromatic nitrogens is 2. The zero-order valence-corrected chi connectivity index (χ0v) is 9.56. The molecule has 1 aromatic heterocycles. The fraction of sp³-hybridized carbons (Fsp3) is 0.500. The van der Waals surface area contributed by atoms with E-state index in [0.717, 1.165) is 12.8 Å². The Morgan fingerprint density at radius 2 is 2.18 bits per heavy atom. The van der Waals surface area contributed by atoms with E-state index in [2.05, 4.69) is 10.4 Å². The summed E-state index contributed by atoms with van der Waals surface area (Å²) in [6, 6.07) is 0. The quantitative estimate of drug-likeness (QED) is 0.553. The Balaban J connectivity index is 2.38. The van der Waals surface area contributed by atoms with Crippen molar-refractivity contribution >= 4 is 17.5 Å². The Kier molecular flexibility index (Phi) is 5.15. The number of hydrogen-bond donors (Lipinski definition) is 3. The van der Waals surface area contributed by atoms with Crippen LogP contribution in [0.3, 0.4) is 0 Å². The lowest BCUT2D eigenvalue weighted by atomic mass is 10.2. The number of rotatable bonds is 7. The normalized spacial score (nSPS) is 10.2. The van der Waals surface area contributed by atoms with Crippen molar-refractivity contribution in [3.05, 3.63) is 12.4 Å². The molecule has 7 nitrogen and oxygen atoms in total. The van der Waals surface area contributed by atoms with Gasteiger partial charge in [0.05, 0.1) is 11.9 Å². The molecule has 0 bridgehead atoms.